The molecule has 0 aromatic rings. The van der Waals surface area contributed by atoms with Crippen LogP contribution in [0, 0.1) is 5.92 Å². The van der Waals surface area contributed by atoms with E-state index in [4.69, 9.17) is 9.84 Å². The van der Waals surface area contributed by atoms with Crippen molar-refractivity contribution in [2.75, 3.05) is 20.3 Å². The molecule has 2 N–H and O–H groups in total. The maximum absolute atomic E-state index is 10.7. The summed E-state index contributed by atoms with van der Waals surface area (Å²) in [6.07, 6.45) is 7.09. The number of rotatable bonds is 7. The van der Waals surface area contributed by atoms with E-state index >= 15 is 0 Å². The van der Waals surface area contributed by atoms with Gasteiger partial charge in [0.15, 0.2) is 0 Å². The highest BCUT2D eigenvalue weighted by Crippen LogP contribution is 2.23. The lowest BCUT2D eigenvalue weighted by atomic mass is 9.90. The molecule has 0 aromatic heterocycles. The molecule has 0 spiro atoms. The van der Waals surface area contributed by atoms with Gasteiger partial charge in [0.05, 0.1) is 0 Å². The van der Waals surface area contributed by atoms with Crippen molar-refractivity contribution in [3.8, 4) is 0 Å². The van der Waals surface area contributed by atoms with Crippen LogP contribution in [0.3, 0.4) is 0 Å². The lowest BCUT2D eigenvalue weighted by molar-refractivity contribution is -0.139. The van der Waals surface area contributed by atoms with Gasteiger partial charge in [-0.15, -0.1) is 0 Å². The second-order valence-corrected chi connectivity index (χ2v) is 4.55. The summed E-state index contributed by atoms with van der Waals surface area (Å²) in [4.78, 5) is 10.7. The molecule has 4 heteroatoms. The predicted octanol–water partition coefficient (Wildman–Crippen LogP) is 1.65. The second kappa shape index (κ2) is 7.63. The number of nitrogens with one attached hydrogen (secondary N) is 1. The van der Waals surface area contributed by atoms with Crippen molar-refractivity contribution < 1.29 is 14.6 Å². The quantitative estimate of drug-likeness (QED) is 0.652. The number of ether oxygens (including phenoxy) is 1. The number of carboxylic acid groups (broad SMARTS) is 1. The summed E-state index contributed by atoms with van der Waals surface area (Å²) >= 11 is 0. The van der Waals surface area contributed by atoms with Crippen molar-refractivity contribution in [1.29, 1.82) is 0 Å². The van der Waals surface area contributed by atoms with Crippen LogP contribution in [0.5, 0.6) is 0 Å². The van der Waals surface area contributed by atoms with Gasteiger partial charge in [-0.25, -0.2) is 0 Å². The minimum absolute atomic E-state index is 0.480. The van der Waals surface area contributed by atoms with Crippen molar-refractivity contribution in [3.05, 3.63) is 0 Å². The first-order valence-corrected chi connectivity index (χ1v) is 6.22. The lowest BCUT2D eigenvalue weighted by Crippen LogP contribution is -2.35. The number of aliphatic carboxylic acids is 1. The van der Waals surface area contributed by atoms with Gasteiger partial charge in [0.25, 0.3) is 0 Å². The smallest absolute Gasteiger partial charge is 0.320 e. The summed E-state index contributed by atoms with van der Waals surface area (Å²) in [5, 5.41) is 11.6. The van der Waals surface area contributed by atoms with Crippen molar-refractivity contribution in [3.63, 3.8) is 0 Å². The van der Waals surface area contributed by atoms with Gasteiger partial charge in [0.1, 0.15) is 6.04 Å². The van der Waals surface area contributed by atoms with Crippen LogP contribution in [0.25, 0.3) is 0 Å². The van der Waals surface area contributed by atoms with E-state index in [9.17, 15) is 4.79 Å². The largest absolute Gasteiger partial charge is 0.480 e. The van der Waals surface area contributed by atoms with Gasteiger partial charge < -0.3 is 15.2 Å². The summed E-state index contributed by atoms with van der Waals surface area (Å²) in [5.41, 5.74) is 0. The molecule has 0 heterocycles. The van der Waals surface area contributed by atoms with E-state index in [0.29, 0.717) is 18.9 Å². The van der Waals surface area contributed by atoms with Crippen LogP contribution in [0.1, 0.15) is 38.5 Å². The molecule has 1 atom stereocenters. The first kappa shape index (κ1) is 13.5. The van der Waals surface area contributed by atoms with E-state index in [1.54, 1.807) is 7.05 Å². The van der Waals surface area contributed by atoms with Crippen molar-refractivity contribution in [1.82, 2.24) is 5.32 Å². The molecule has 1 unspecified atom stereocenters. The Kier molecular flexibility index (Phi) is 6.42. The molecular weight excluding hydrogens is 206 g/mol. The molecule has 1 aliphatic carbocycles. The Labute approximate surface area is 97.4 Å². The van der Waals surface area contributed by atoms with Crippen LogP contribution in [-0.2, 0) is 9.53 Å². The van der Waals surface area contributed by atoms with Crippen LogP contribution in [0.4, 0.5) is 0 Å². The first-order valence-electron chi connectivity index (χ1n) is 6.22. The Hall–Kier alpha value is -0.610. The molecule has 1 rings (SSSR count). The summed E-state index contributed by atoms with van der Waals surface area (Å²) in [7, 11) is 1.67. The number of carbonyl (C=O) groups is 1. The minimum atomic E-state index is -0.802. The van der Waals surface area contributed by atoms with Crippen LogP contribution < -0.4 is 5.32 Å². The van der Waals surface area contributed by atoms with Gasteiger partial charge in [-0.2, -0.15) is 0 Å². The summed E-state index contributed by atoms with van der Waals surface area (Å²) in [5.74, 6) is -0.101. The minimum Gasteiger partial charge on any atom is -0.480 e. The van der Waals surface area contributed by atoms with Crippen LogP contribution >= 0.6 is 0 Å². The van der Waals surface area contributed by atoms with Gasteiger partial charge in [0.2, 0.25) is 0 Å². The fourth-order valence-electron chi connectivity index (χ4n) is 2.20. The highest BCUT2D eigenvalue weighted by molar-refractivity contribution is 5.73. The van der Waals surface area contributed by atoms with E-state index in [1.165, 1.54) is 32.1 Å². The maximum atomic E-state index is 10.7. The van der Waals surface area contributed by atoms with Gasteiger partial charge in [-0.05, 0) is 32.2 Å². The zero-order chi connectivity index (χ0) is 11.8. The van der Waals surface area contributed by atoms with Crippen LogP contribution in [0.15, 0.2) is 0 Å². The SMILES string of the molecule is CNC(CCOCC1CCCCC1)C(=O)O. The maximum Gasteiger partial charge on any atom is 0.320 e. The number of hydrogen-bond donors (Lipinski definition) is 2. The molecule has 0 amide bonds. The van der Waals surface area contributed by atoms with E-state index in [0.717, 1.165) is 6.61 Å². The molecule has 0 radical (unpaired) electrons. The van der Waals surface area contributed by atoms with Crippen LogP contribution in [0.2, 0.25) is 0 Å². The highest BCUT2D eigenvalue weighted by atomic mass is 16.5. The number of carboxylic acids is 1. The molecule has 16 heavy (non-hydrogen) atoms. The molecule has 0 aromatic carbocycles. The monoisotopic (exact) mass is 229 g/mol. The normalized spacial score (nSPS) is 19.6. The molecule has 0 saturated heterocycles. The Morgan fingerprint density at radius 1 is 1.44 bits per heavy atom. The highest BCUT2D eigenvalue weighted by Gasteiger charge is 2.16. The average molecular weight is 229 g/mol. The Bertz CT molecular complexity index is 202. The zero-order valence-electron chi connectivity index (χ0n) is 10.1. The van der Waals surface area contributed by atoms with Crippen molar-refractivity contribution >= 4 is 5.97 Å². The van der Waals surface area contributed by atoms with Gasteiger partial charge >= 0.3 is 5.97 Å². The van der Waals surface area contributed by atoms with E-state index < -0.39 is 12.0 Å². The molecule has 4 nitrogen and oxygen atoms in total. The molecule has 94 valence electrons. The molecule has 0 aliphatic heterocycles. The predicted molar refractivity (Wildman–Crippen MR) is 62.5 cm³/mol. The van der Waals surface area contributed by atoms with Gasteiger partial charge in [0, 0.05) is 13.2 Å². The molecule has 0 bridgehead atoms. The fourth-order valence-corrected chi connectivity index (χ4v) is 2.20. The molecular formula is C12H23NO3. The topological polar surface area (TPSA) is 58.6 Å². The lowest BCUT2D eigenvalue weighted by Gasteiger charge is -2.21. The number of likely N-dealkylation sites (N-methyl/N-ethyl adjacent to an activating group) is 1. The molecule has 1 aliphatic rings. The first-order chi connectivity index (χ1) is 7.74. The van der Waals surface area contributed by atoms with Crippen LogP contribution in [-0.4, -0.2) is 37.4 Å². The Morgan fingerprint density at radius 2 is 2.12 bits per heavy atom. The third-order valence-electron chi connectivity index (χ3n) is 3.28. The Balaban J connectivity index is 2.03. The zero-order valence-corrected chi connectivity index (χ0v) is 10.1. The summed E-state index contributed by atoms with van der Waals surface area (Å²) in [6.45, 7) is 1.34. The third-order valence-corrected chi connectivity index (χ3v) is 3.28. The fraction of sp³-hybridized carbons (Fsp3) is 0.917. The van der Waals surface area contributed by atoms with Gasteiger partial charge in [-0.3, -0.25) is 4.79 Å². The second-order valence-electron chi connectivity index (χ2n) is 4.55. The van der Waals surface area contributed by atoms with Crippen molar-refractivity contribution in [2.24, 2.45) is 5.92 Å². The van der Waals surface area contributed by atoms with Gasteiger partial charge in [-0.1, -0.05) is 19.3 Å². The van der Waals surface area contributed by atoms with Crippen molar-refractivity contribution in [2.45, 2.75) is 44.6 Å². The summed E-state index contributed by atoms with van der Waals surface area (Å²) in [6, 6.07) is -0.480. The number of hydrogen-bond acceptors (Lipinski definition) is 3. The third kappa shape index (κ3) is 4.94. The standard InChI is InChI=1S/C12H23NO3/c1-13-11(12(14)15)7-8-16-9-10-5-3-2-4-6-10/h10-11,13H,2-9H2,1H3,(H,14,15). The molecule has 1 fully saturated rings. The summed E-state index contributed by atoms with van der Waals surface area (Å²) < 4.78 is 5.55. The van der Waals surface area contributed by atoms with E-state index in [2.05, 4.69) is 5.32 Å². The average Bonchev–Trinajstić information content (AvgIpc) is 2.30. The Morgan fingerprint density at radius 3 is 2.69 bits per heavy atom. The molecule has 1 saturated carbocycles. The van der Waals surface area contributed by atoms with E-state index in [1.807, 2.05) is 0 Å². The van der Waals surface area contributed by atoms with E-state index in [-0.39, 0.29) is 0 Å².